The van der Waals surface area contributed by atoms with Gasteiger partial charge in [-0.2, -0.15) is 4.31 Å². The monoisotopic (exact) mass is 709 g/mol. The van der Waals surface area contributed by atoms with E-state index in [4.69, 9.17) is 4.74 Å². The average molecular weight is 710 g/mol. The number of nitrogens with one attached hydrogen (secondary N) is 3. The minimum atomic E-state index is -4.05. The lowest BCUT2D eigenvalue weighted by atomic mass is 10.0. The molecule has 0 spiro atoms. The summed E-state index contributed by atoms with van der Waals surface area (Å²) in [6.45, 7) is 7.32. The van der Waals surface area contributed by atoms with Gasteiger partial charge in [-0.05, 0) is 68.1 Å². The van der Waals surface area contributed by atoms with Gasteiger partial charge in [0.05, 0.1) is 39.3 Å². The van der Waals surface area contributed by atoms with E-state index >= 15 is 0 Å². The van der Waals surface area contributed by atoms with Crippen molar-refractivity contribution < 1.29 is 32.6 Å². The van der Waals surface area contributed by atoms with Crippen molar-refractivity contribution in [2.24, 2.45) is 5.92 Å². The fourth-order valence-corrected chi connectivity index (χ4v) is 7.62. The maximum Gasteiger partial charge on any atom is 0.293 e. The lowest BCUT2D eigenvalue weighted by molar-refractivity contribution is -0.144. The summed E-state index contributed by atoms with van der Waals surface area (Å²) in [4.78, 5) is 41.8. The SMILES string of the molecule is CC(C)CN(CC(O)C(Cc1ccccc1)NC(=O)C(CNc1cccc(C(=O)NC(C)C)c1)OC=O)S(=O)(=O)c1ccc2ncsc2c1. The number of anilines is 1. The summed E-state index contributed by atoms with van der Waals surface area (Å²) in [6.07, 6.45) is -2.48. The van der Waals surface area contributed by atoms with Crippen molar-refractivity contribution in [1.82, 2.24) is 19.9 Å². The molecule has 14 heteroatoms. The zero-order chi connectivity index (χ0) is 35.6. The van der Waals surface area contributed by atoms with Gasteiger partial charge in [0, 0.05) is 30.4 Å². The number of carbonyl (C=O) groups is 3. The van der Waals surface area contributed by atoms with E-state index in [9.17, 15) is 27.9 Å². The molecule has 4 rings (SSSR count). The zero-order valence-electron chi connectivity index (χ0n) is 27.9. The summed E-state index contributed by atoms with van der Waals surface area (Å²) in [6, 6.07) is 19.5. The van der Waals surface area contributed by atoms with Gasteiger partial charge in [-0.15, -0.1) is 11.3 Å². The first kappa shape index (κ1) is 37.4. The van der Waals surface area contributed by atoms with E-state index in [2.05, 4.69) is 20.9 Å². The molecule has 4 N–H and O–H groups in total. The Morgan fingerprint density at radius 1 is 0.980 bits per heavy atom. The van der Waals surface area contributed by atoms with E-state index in [0.29, 0.717) is 16.8 Å². The van der Waals surface area contributed by atoms with Crippen LogP contribution in [-0.4, -0.2) is 85.0 Å². The van der Waals surface area contributed by atoms with E-state index in [1.54, 1.807) is 41.9 Å². The van der Waals surface area contributed by atoms with Gasteiger partial charge in [0.2, 0.25) is 10.0 Å². The van der Waals surface area contributed by atoms with Crippen LogP contribution in [0.1, 0.15) is 43.6 Å². The third-order valence-corrected chi connectivity index (χ3v) is 10.2. The second-order valence-electron chi connectivity index (χ2n) is 12.4. The molecule has 1 heterocycles. The second-order valence-corrected chi connectivity index (χ2v) is 15.2. The number of nitrogens with zero attached hydrogens (tertiary/aromatic N) is 2. The number of hydrogen-bond donors (Lipinski definition) is 4. The van der Waals surface area contributed by atoms with Gasteiger partial charge in [-0.3, -0.25) is 14.4 Å². The van der Waals surface area contributed by atoms with Gasteiger partial charge in [0.15, 0.2) is 6.10 Å². The van der Waals surface area contributed by atoms with Gasteiger partial charge in [0.25, 0.3) is 18.3 Å². The Hall–Kier alpha value is -4.37. The predicted octanol–water partition coefficient (Wildman–Crippen LogP) is 3.82. The highest BCUT2D eigenvalue weighted by molar-refractivity contribution is 7.89. The topological polar surface area (TPSA) is 167 Å². The quantitative estimate of drug-likeness (QED) is 0.112. The number of aromatic nitrogens is 1. The van der Waals surface area contributed by atoms with E-state index in [-0.39, 0.29) is 55.3 Å². The molecule has 2 amide bonds. The van der Waals surface area contributed by atoms with Crippen molar-refractivity contribution in [2.75, 3.05) is 25.0 Å². The molecule has 0 fully saturated rings. The van der Waals surface area contributed by atoms with Crippen molar-refractivity contribution in [1.29, 1.82) is 0 Å². The van der Waals surface area contributed by atoms with Gasteiger partial charge in [-0.25, -0.2) is 13.4 Å². The molecule has 3 aromatic carbocycles. The zero-order valence-corrected chi connectivity index (χ0v) is 29.5. The van der Waals surface area contributed by atoms with E-state index in [1.807, 2.05) is 58.0 Å². The Morgan fingerprint density at radius 3 is 2.43 bits per heavy atom. The summed E-state index contributed by atoms with van der Waals surface area (Å²) in [7, 11) is -4.05. The number of fused-ring (bicyclic) bond motifs is 1. The van der Waals surface area contributed by atoms with Gasteiger partial charge >= 0.3 is 0 Å². The molecular weight excluding hydrogens is 667 g/mol. The Kier molecular flexibility index (Phi) is 13.2. The molecule has 0 saturated heterocycles. The van der Waals surface area contributed by atoms with E-state index < -0.39 is 34.2 Å². The Labute approximate surface area is 290 Å². The third kappa shape index (κ3) is 10.6. The van der Waals surface area contributed by atoms with Crippen LogP contribution in [0, 0.1) is 5.92 Å². The van der Waals surface area contributed by atoms with Crippen LogP contribution < -0.4 is 16.0 Å². The molecule has 0 bridgehead atoms. The number of benzene rings is 3. The second kappa shape index (κ2) is 17.3. The number of carbonyl (C=O) groups excluding carboxylic acids is 3. The summed E-state index contributed by atoms with van der Waals surface area (Å²) >= 11 is 1.33. The minimum Gasteiger partial charge on any atom is -0.453 e. The molecule has 12 nitrogen and oxygen atoms in total. The first-order valence-electron chi connectivity index (χ1n) is 16.0. The van der Waals surface area contributed by atoms with Crippen LogP contribution in [0.5, 0.6) is 0 Å². The van der Waals surface area contributed by atoms with Crippen LogP contribution in [0.3, 0.4) is 0 Å². The first-order valence-corrected chi connectivity index (χ1v) is 18.3. The normalized spacial score (nSPS) is 13.6. The molecule has 0 radical (unpaired) electrons. The predicted molar refractivity (Wildman–Crippen MR) is 190 cm³/mol. The molecule has 1 aromatic heterocycles. The van der Waals surface area contributed by atoms with Gasteiger partial charge in [0.1, 0.15) is 0 Å². The van der Waals surface area contributed by atoms with E-state index in [1.165, 1.54) is 21.7 Å². The van der Waals surface area contributed by atoms with Crippen molar-refractivity contribution >= 4 is 55.6 Å². The highest BCUT2D eigenvalue weighted by atomic mass is 32.2. The van der Waals surface area contributed by atoms with E-state index in [0.717, 1.165) is 10.3 Å². The summed E-state index contributed by atoms with van der Waals surface area (Å²) in [5.74, 6) is -1.02. The molecule has 0 aliphatic heterocycles. The van der Waals surface area contributed by atoms with Crippen molar-refractivity contribution in [3.63, 3.8) is 0 Å². The molecule has 3 unspecified atom stereocenters. The smallest absolute Gasteiger partial charge is 0.293 e. The Bertz CT molecular complexity index is 1820. The molecule has 4 aromatic rings. The highest BCUT2D eigenvalue weighted by Gasteiger charge is 2.33. The fourth-order valence-electron chi connectivity index (χ4n) is 5.18. The Balaban J connectivity index is 1.54. The van der Waals surface area contributed by atoms with Crippen LogP contribution in [0.25, 0.3) is 10.2 Å². The summed E-state index contributed by atoms with van der Waals surface area (Å²) in [5, 5.41) is 20.3. The highest BCUT2D eigenvalue weighted by Crippen LogP contribution is 2.25. The Morgan fingerprint density at radius 2 is 1.73 bits per heavy atom. The number of sulfonamides is 1. The lowest BCUT2D eigenvalue weighted by Gasteiger charge is -2.31. The number of amides is 2. The number of aliphatic hydroxyl groups is 1. The molecular formula is C35H43N5O7S2. The molecule has 0 aliphatic rings. The van der Waals surface area contributed by atoms with Crippen LogP contribution in [0.15, 0.2) is 83.2 Å². The van der Waals surface area contributed by atoms with Crippen LogP contribution in [0.2, 0.25) is 0 Å². The largest absolute Gasteiger partial charge is 0.453 e. The number of aliphatic hydroxyl groups excluding tert-OH is 1. The fraction of sp³-hybridized carbons (Fsp3) is 0.371. The number of hydrogen-bond acceptors (Lipinski definition) is 10. The lowest BCUT2D eigenvalue weighted by Crippen LogP contribution is -2.54. The van der Waals surface area contributed by atoms with Gasteiger partial charge < -0.3 is 25.8 Å². The number of thiazole rings is 1. The van der Waals surface area contributed by atoms with Crippen molar-refractivity contribution in [3.05, 3.63) is 89.4 Å². The van der Waals surface area contributed by atoms with Crippen molar-refractivity contribution in [3.8, 4) is 0 Å². The molecule has 0 aliphatic carbocycles. The average Bonchev–Trinajstić information content (AvgIpc) is 3.54. The maximum absolute atomic E-state index is 13.9. The number of rotatable bonds is 18. The minimum absolute atomic E-state index is 0.0527. The first-order chi connectivity index (χ1) is 23.4. The summed E-state index contributed by atoms with van der Waals surface area (Å²) < 4.78 is 34.9. The summed E-state index contributed by atoms with van der Waals surface area (Å²) in [5.41, 5.74) is 4.07. The van der Waals surface area contributed by atoms with Crippen LogP contribution in [0.4, 0.5) is 5.69 Å². The molecule has 262 valence electrons. The maximum atomic E-state index is 13.9. The van der Waals surface area contributed by atoms with Gasteiger partial charge in [-0.1, -0.05) is 50.2 Å². The molecule has 0 saturated carbocycles. The standard InChI is InChI=1S/C35H43N5O7S2/c1-23(2)19-40(49(45,46)28-13-14-29-33(17-28)48-21-37-29)20-31(42)30(15-25-9-6-5-7-10-25)39-35(44)32(47-22-41)18-36-27-12-8-11-26(16-27)34(43)38-24(3)4/h5-14,16-17,21-24,30-32,36,42H,15,18-20H2,1-4H3,(H,38,43)(H,39,44). The molecule has 49 heavy (non-hydrogen) atoms. The van der Waals surface area contributed by atoms with Crippen LogP contribution in [-0.2, 0) is 30.8 Å². The number of ether oxygens (including phenoxy) is 1. The third-order valence-electron chi connectivity index (χ3n) is 7.54. The van der Waals surface area contributed by atoms with Crippen LogP contribution >= 0.6 is 11.3 Å². The molecule has 3 atom stereocenters. The van der Waals surface area contributed by atoms with Crippen molar-refractivity contribution in [2.45, 2.75) is 63.3 Å².